The molecule has 3 N–H and O–H groups in total. The minimum absolute atomic E-state index is 0.199. The number of benzene rings is 1. The van der Waals surface area contributed by atoms with E-state index in [0.717, 1.165) is 5.56 Å². The topological polar surface area (TPSA) is 117 Å². The van der Waals surface area contributed by atoms with Crippen LogP contribution in [0.1, 0.15) is 23.7 Å². The van der Waals surface area contributed by atoms with Crippen molar-refractivity contribution in [3.8, 4) is 0 Å². The number of hydrogen-bond acceptors (Lipinski definition) is 5. The Hall–Kier alpha value is -1.99. The van der Waals surface area contributed by atoms with Crippen LogP contribution in [0.15, 0.2) is 29.4 Å². The Morgan fingerprint density at radius 2 is 2.00 bits per heavy atom. The van der Waals surface area contributed by atoms with Gasteiger partial charge in [-0.3, -0.25) is 4.39 Å². The van der Waals surface area contributed by atoms with Crippen LogP contribution in [0.2, 0.25) is 0 Å². The molecule has 0 saturated carbocycles. The lowest BCUT2D eigenvalue weighted by atomic mass is 9.98. The molecule has 0 radical (unpaired) electrons. The van der Waals surface area contributed by atoms with Gasteiger partial charge in [0.25, 0.3) is 0 Å². The third kappa shape index (κ3) is 5.30. The highest BCUT2D eigenvalue weighted by molar-refractivity contribution is 5.98. The van der Waals surface area contributed by atoms with Crippen LogP contribution in [0.5, 0.6) is 0 Å². The predicted octanol–water partition coefficient (Wildman–Crippen LogP) is 2.75. The quantitative estimate of drug-likeness (QED) is 0.298. The van der Waals surface area contributed by atoms with E-state index in [4.69, 9.17) is 26.1 Å². The first-order chi connectivity index (χ1) is 11.1. The number of nitrogens with two attached hydrogens (primary N) is 1. The molecule has 1 aromatic rings. The van der Waals surface area contributed by atoms with E-state index in [1.165, 1.54) is 7.11 Å². The minimum atomic E-state index is -0.926. The van der Waals surface area contributed by atoms with Gasteiger partial charge in [-0.1, -0.05) is 29.4 Å². The van der Waals surface area contributed by atoms with Crippen LogP contribution in [-0.4, -0.2) is 45.3 Å². The van der Waals surface area contributed by atoms with Crippen LogP contribution in [-0.2, 0) is 9.47 Å². The molecule has 126 valence electrons. The van der Waals surface area contributed by atoms with Gasteiger partial charge in [0.05, 0.1) is 18.2 Å². The molecule has 0 amide bonds. The zero-order valence-electron chi connectivity index (χ0n) is 13.3. The van der Waals surface area contributed by atoms with Gasteiger partial charge in [-0.05, 0) is 16.7 Å². The van der Waals surface area contributed by atoms with Crippen LogP contribution in [0.4, 0.5) is 4.39 Å². The van der Waals surface area contributed by atoms with Crippen molar-refractivity contribution in [3.05, 3.63) is 45.8 Å². The van der Waals surface area contributed by atoms with E-state index < -0.39 is 18.8 Å². The average molecular weight is 323 g/mol. The molecule has 7 nitrogen and oxygen atoms in total. The van der Waals surface area contributed by atoms with Crippen LogP contribution < -0.4 is 5.73 Å². The summed E-state index contributed by atoms with van der Waals surface area (Å²) in [5, 5.41) is 11.5. The van der Waals surface area contributed by atoms with Crippen LogP contribution in [0.25, 0.3) is 10.4 Å². The molecule has 0 aliphatic carbocycles. The number of nitrogens with zero attached hydrogens (tertiary/aromatic N) is 3. The van der Waals surface area contributed by atoms with E-state index in [1.54, 1.807) is 31.4 Å². The van der Waals surface area contributed by atoms with Gasteiger partial charge < -0.3 is 20.6 Å². The van der Waals surface area contributed by atoms with Crippen LogP contribution in [0.3, 0.4) is 0 Å². The summed E-state index contributed by atoms with van der Waals surface area (Å²) in [6.45, 7) is -0.473. The monoisotopic (exact) mass is 323 g/mol. The molecular formula is C15H22FN5O2. The van der Waals surface area contributed by atoms with Gasteiger partial charge in [-0.2, -0.15) is 0 Å². The van der Waals surface area contributed by atoms with E-state index in [0.29, 0.717) is 24.2 Å². The smallest absolute Gasteiger partial charge is 0.101 e. The van der Waals surface area contributed by atoms with Crippen molar-refractivity contribution in [2.45, 2.75) is 24.7 Å². The molecule has 3 atom stereocenters. The number of hydrogen-bond donors (Lipinski definition) is 2. The Morgan fingerprint density at radius 3 is 2.43 bits per heavy atom. The SMILES string of the molecule is CO[C@H](CN)CC(=N)c1ccc([C@@H](OC)[C@@H](CF)N=[N+]=[N-])cc1. The van der Waals surface area contributed by atoms with Crippen molar-refractivity contribution < 1.29 is 13.9 Å². The van der Waals surface area contributed by atoms with Crippen molar-refractivity contribution in [1.29, 1.82) is 5.41 Å². The molecule has 0 spiro atoms. The number of rotatable bonds is 10. The Labute approximate surface area is 134 Å². The van der Waals surface area contributed by atoms with Crippen LogP contribution in [0, 0.1) is 5.41 Å². The van der Waals surface area contributed by atoms with Crippen LogP contribution >= 0.6 is 0 Å². The molecule has 1 rings (SSSR count). The van der Waals surface area contributed by atoms with Gasteiger partial charge >= 0.3 is 0 Å². The summed E-state index contributed by atoms with van der Waals surface area (Å²) in [7, 11) is 2.99. The lowest BCUT2D eigenvalue weighted by Gasteiger charge is -2.20. The summed E-state index contributed by atoms with van der Waals surface area (Å²) in [6, 6.07) is 6.04. The molecule has 0 saturated heterocycles. The standard InChI is InChI=1S/C15H22FN5O2/c1-22-12(9-17)7-13(18)10-3-5-11(6-4-10)15(23-2)14(8-16)20-21-19/h3-6,12,14-15,18H,7-9,17H2,1-2H3/t12-,14+,15+/m0/s1. The summed E-state index contributed by atoms with van der Waals surface area (Å²) in [5.41, 5.74) is 15.9. The summed E-state index contributed by atoms with van der Waals surface area (Å²) >= 11 is 0. The Morgan fingerprint density at radius 1 is 1.35 bits per heavy atom. The fourth-order valence-electron chi connectivity index (χ4n) is 2.24. The molecule has 0 unspecified atom stereocenters. The van der Waals surface area contributed by atoms with E-state index in [1.807, 2.05) is 0 Å². The molecule has 1 aromatic carbocycles. The number of ether oxygens (including phenoxy) is 2. The summed E-state index contributed by atoms with van der Waals surface area (Å²) in [4.78, 5) is 2.64. The number of halogens is 1. The number of nitrogens with one attached hydrogen (secondary N) is 1. The molecule has 0 aliphatic rings. The predicted molar refractivity (Wildman–Crippen MR) is 86.4 cm³/mol. The first-order valence-corrected chi connectivity index (χ1v) is 7.14. The normalized spacial score (nSPS) is 14.6. The zero-order valence-corrected chi connectivity index (χ0v) is 13.3. The highest BCUT2D eigenvalue weighted by Crippen LogP contribution is 2.24. The van der Waals surface area contributed by atoms with Crippen molar-refractivity contribution in [2.75, 3.05) is 27.4 Å². The molecule has 0 aliphatic heterocycles. The summed E-state index contributed by atoms with van der Waals surface area (Å²) in [5.74, 6) is 0. The number of alkyl halides is 1. The highest BCUT2D eigenvalue weighted by Gasteiger charge is 2.22. The van der Waals surface area contributed by atoms with E-state index in [2.05, 4.69) is 10.0 Å². The summed E-state index contributed by atoms with van der Waals surface area (Å²) < 4.78 is 23.4. The summed E-state index contributed by atoms with van der Waals surface area (Å²) in [6.07, 6.45) is -0.462. The van der Waals surface area contributed by atoms with Gasteiger partial charge in [0, 0.05) is 37.8 Å². The maximum absolute atomic E-state index is 13.0. The third-order valence-corrected chi connectivity index (χ3v) is 3.58. The second-order valence-corrected chi connectivity index (χ2v) is 4.98. The Kier molecular flexibility index (Phi) is 8.21. The van der Waals surface area contributed by atoms with Gasteiger partial charge in [-0.15, -0.1) is 0 Å². The lowest BCUT2D eigenvalue weighted by Crippen LogP contribution is -2.25. The third-order valence-electron chi connectivity index (χ3n) is 3.58. The number of azide groups is 1. The average Bonchev–Trinajstić information content (AvgIpc) is 2.59. The van der Waals surface area contributed by atoms with Crippen molar-refractivity contribution in [1.82, 2.24) is 0 Å². The second kappa shape index (κ2) is 9.91. The van der Waals surface area contributed by atoms with E-state index in [-0.39, 0.29) is 6.10 Å². The molecular weight excluding hydrogens is 301 g/mol. The van der Waals surface area contributed by atoms with Gasteiger partial charge in [0.2, 0.25) is 0 Å². The zero-order chi connectivity index (χ0) is 17.2. The van der Waals surface area contributed by atoms with Crippen molar-refractivity contribution >= 4 is 5.71 Å². The first kappa shape index (κ1) is 19.1. The van der Waals surface area contributed by atoms with Crippen molar-refractivity contribution in [3.63, 3.8) is 0 Å². The molecule has 0 heterocycles. The lowest BCUT2D eigenvalue weighted by molar-refractivity contribution is 0.0722. The number of methoxy groups -OCH3 is 2. The molecule has 0 bridgehead atoms. The van der Waals surface area contributed by atoms with E-state index >= 15 is 0 Å². The minimum Gasteiger partial charge on any atom is -0.380 e. The molecule has 8 heteroatoms. The first-order valence-electron chi connectivity index (χ1n) is 7.14. The fraction of sp³-hybridized carbons (Fsp3) is 0.533. The molecule has 0 aromatic heterocycles. The van der Waals surface area contributed by atoms with E-state index in [9.17, 15) is 4.39 Å². The van der Waals surface area contributed by atoms with Gasteiger partial charge in [-0.25, -0.2) is 0 Å². The second-order valence-electron chi connectivity index (χ2n) is 4.98. The van der Waals surface area contributed by atoms with Crippen molar-refractivity contribution in [2.24, 2.45) is 10.8 Å². The highest BCUT2D eigenvalue weighted by atomic mass is 19.1. The largest absolute Gasteiger partial charge is 0.380 e. The Bertz CT molecular complexity index is 541. The molecule has 23 heavy (non-hydrogen) atoms. The van der Waals surface area contributed by atoms with Gasteiger partial charge in [0.15, 0.2) is 0 Å². The maximum Gasteiger partial charge on any atom is 0.101 e. The molecule has 0 fully saturated rings. The Balaban J connectivity index is 2.89. The maximum atomic E-state index is 13.0. The fourth-order valence-corrected chi connectivity index (χ4v) is 2.24. The van der Waals surface area contributed by atoms with Gasteiger partial charge in [0.1, 0.15) is 6.67 Å².